The number of hydrogen-bond acceptors (Lipinski definition) is 23. The molecule has 0 saturated heterocycles. The van der Waals surface area contributed by atoms with Crippen LogP contribution in [0.2, 0.25) is 0 Å². The Kier molecular flexibility index (Phi) is 72.9. The SMILES string of the molecule is C=CC(N)=O.CC(CC(N)CSSCC(N)CC(C)C(N)=O)C(N)=O.NC(CSSCC(N)C(=O)O)C(=O)O.NCCSSCCN.NCCSSCCN.O=C=O.[Ce].[H+]. The molecule has 6 atom stereocenters. The zero-order valence-electron chi connectivity index (χ0n) is 34.5. The molecule has 0 aromatic rings. The van der Waals surface area contributed by atoms with Crippen LogP contribution in [0.3, 0.4) is 0 Å². The Bertz CT molecular complexity index is 1000. The van der Waals surface area contributed by atoms with Crippen molar-refractivity contribution in [1.29, 1.82) is 0 Å². The third kappa shape index (κ3) is 73.1. The Morgan fingerprint density at radius 2 is 0.797 bits per heavy atom. The number of hydrogen-bond donors (Lipinski definition) is 13. The van der Waals surface area contributed by atoms with Crippen LogP contribution in [0.15, 0.2) is 12.7 Å². The van der Waals surface area contributed by atoms with E-state index in [0.717, 1.165) is 66.8 Å². The Labute approximate surface area is 415 Å². The summed E-state index contributed by atoms with van der Waals surface area (Å²) in [6, 6.07) is -1.96. The molecule has 0 bridgehead atoms. The molecule has 0 aliphatic heterocycles. The van der Waals surface area contributed by atoms with E-state index in [9.17, 15) is 24.0 Å². The van der Waals surface area contributed by atoms with E-state index in [4.69, 9.17) is 77.1 Å². The van der Waals surface area contributed by atoms with Crippen LogP contribution in [0, 0.1) is 53.6 Å². The molecule has 3 amide bonds. The average Bonchev–Trinajstić information content (AvgIpc) is 3.16. The third-order valence-electron chi connectivity index (χ3n) is 5.32. The predicted octanol–water partition coefficient (Wildman–Crippen LogP) is -1.01. The summed E-state index contributed by atoms with van der Waals surface area (Å²) in [4.78, 5) is 68.1. The molecular formula is C30H68CeN11O9S8+. The minimum Gasteiger partial charge on any atom is -0.480 e. The van der Waals surface area contributed by atoms with Crippen molar-refractivity contribution >= 4 is 122 Å². The number of carbonyl (C=O) groups is 5. The molecule has 6 unspecified atom stereocenters. The number of carboxylic acid groups (broad SMARTS) is 2. The summed E-state index contributed by atoms with van der Waals surface area (Å²) < 4.78 is 0. The molecule has 0 aliphatic carbocycles. The van der Waals surface area contributed by atoms with Crippen molar-refractivity contribution in [3.63, 3.8) is 0 Å². The van der Waals surface area contributed by atoms with Gasteiger partial charge in [-0.1, -0.05) is 107 Å². The van der Waals surface area contributed by atoms with Crippen molar-refractivity contribution in [2.45, 2.75) is 50.9 Å². The van der Waals surface area contributed by atoms with E-state index in [1.165, 1.54) is 21.6 Å². The van der Waals surface area contributed by atoms with Crippen LogP contribution in [-0.2, 0) is 33.6 Å². The second kappa shape index (κ2) is 58.3. The number of nitrogens with two attached hydrogens (primary N) is 11. The molecule has 0 aliphatic rings. The summed E-state index contributed by atoms with van der Waals surface area (Å²) in [7, 11) is 12.8. The Balaban J connectivity index is -0.0000000983. The Morgan fingerprint density at radius 1 is 0.576 bits per heavy atom. The second-order valence-corrected chi connectivity index (χ2v) is 21.3. The van der Waals surface area contributed by atoms with Crippen LogP contribution in [0.1, 0.15) is 28.1 Å². The minimum atomic E-state index is -1.07. The van der Waals surface area contributed by atoms with E-state index in [0.29, 0.717) is 12.8 Å². The van der Waals surface area contributed by atoms with Crippen LogP contribution in [0.25, 0.3) is 0 Å². The van der Waals surface area contributed by atoms with Crippen molar-refractivity contribution in [1.82, 2.24) is 0 Å². The van der Waals surface area contributed by atoms with Gasteiger partial charge in [-0.05, 0) is 18.9 Å². The van der Waals surface area contributed by atoms with Gasteiger partial charge in [0.2, 0.25) is 17.7 Å². The molecule has 348 valence electrons. The molecule has 59 heavy (non-hydrogen) atoms. The van der Waals surface area contributed by atoms with E-state index in [1.807, 2.05) is 0 Å². The van der Waals surface area contributed by atoms with Gasteiger partial charge in [-0.25, -0.2) is 0 Å². The van der Waals surface area contributed by atoms with Gasteiger partial charge in [0.15, 0.2) is 0 Å². The monoisotopic (exact) mass is 1120 g/mol. The first-order chi connectivity index (χ1) is 27.2. The van der Waals surface area contributed by atoms with Crippen molar-refractivity contribution < 1.29 is 86.9 Å². The van der Waals surface area contributed by atoms with Gasteiger partial charge in [0.25, 0.3) is 0 Å². The Hall–Kier alpha value is 0.327. The van der Waals surface area contributed by atoms with Crippen molar-refractivity contribution in [3.05, 3.63) is 12.7 Å². The van der Waals surface area contributed by atoms with Crippen LogP contribution >= 0.6 is 86.4 Å². The molecule has 0 radical (unpaired) electrons. The number of rotatable bonds is 29. The van der Waals surface area contributed by atoms with E-state index in [2.05, 4.69) is 12.3 Å². The summed E-state index contributed by atoms with van der Waals surface area (Å²) in [6.07, 6.45) is 2.49. The fraction of sp³-hybridized carbons (Fsp3) is 0.733. The van der Waals surface area contributed by atoms with E-state index < -0.39 is 29.9 Å². The summed E-state index contributed by atoms with van der Waals surface area (Å²) >= 11 is 0. The van der Waals surface area contributed by atoms with Gasteiger partial charge in [-0.3, -0.25) is 24.0 Å². The molecule has 0 aromatic heterocycles. The zero-order valence-corrected chi connectivity index (χ0v) is 43.2. The smallest absolute Gasteiger partial charge is 0.480 e. The predicted molar refractivity (Wildman–Crippen MR) is 255 cm³/mol. The van der Waals surface area contributed by atoms with E-state index in [1.54, 1.807) is 78.6 Å². The molecule has 0 spiro atoms. The largest absolute Gasteiger partial charge is 1.00 e. The number of aliphatic carboxylic acids is 2. The number of carbonyl (C=O) groups excluding carboxylic acids is 5. The van der Waals surface area contributed by atoms with Gasteiger partial charge < -0.3 is 73.3 Å². The van der Waals surface area contributed by atoms with Crippen molar-refractivity contribution in [3.8, 4) is 0 Å². The zero-order chi connectivity index (χ0) is 46.3. The quantitative estimate of drug-likeness (QED) is 0.0243. The second-order valence-electron chi connectivity index (χ2n) is 10.8. The Morgan fingerprint density at radius 3 is 0.966 bits per heavy atom. The molecule has 24 N–H and O–H groups in total. The molecular weight excluding hydrogens is 1060 g/mol. The topological polar surface area (TPSA) is 446 Å². The third-order valence-corrected chi connectivity index (χ3v) is 15.3. The standard InChI is InChI=1S/C12H26N4O2S2.C6H12N2O4S2.2C4H12N2S2.C3H5NO.CO2.Ce/c1-7(11(15)17)3-9(13)5-19-20-6-10(14)4-8(2)12(16)18;7-3(5(9)10)1-13-14-2-4(8)6(11)12;2*5-1-3-7-8-4-2-6;1-2-3(4)5;2-1-3;/h7-10H,3-6,13-14H2,1-2H3,(H2,15,17)(H2,16,18);3-4H,1-2,7-8H2,(H,9,10)(H,11,12);2*1-6H2;2H,1H2,(H2,4,5);;/p+1. The van der Waals surface area contributed by atoms with Gasteiger partial charge in [0.05, 0.1) is 0 Å². The van der Waals surface area contributed by atoms with Crippen LogP contribution in [0.5, 0.6) is 0 Å². The number of amides is 3. The molecule has 0 fully saturated rings. The van der Waals surface area contributed by atoms with E-state index >= 15 is 0 Å². The minimum absolute atomic E-state index is 0. The molecule has 0 aromatic carbocycles. The van der Waals surface area contributed by atoms with Gasteiger partial charge in [0, 0.05) is 138 Å². The van der Waals surface area contributed by atoms with Crippen molar-refractivity contribution in [2.75, 3.05) is 72.2 Å². The maximum absolute atomic E-state index is 10.9. The molecule has 29 heteroatoms. The fourth-order valence-electron chi connectivity index (χ4n) is 2.36. The van der Waals surface area contributed by atoms with Crippen LogP contribution in [-0.4, -0.2) is 142 Å². The maximum Gasteiger partial charge on any atom is 1.00 e. The van der Waals surface area contributed by atoms with Crippen molar-refractivity contribution in [2.24, 2.45) is 74.9 Å². The molecule has 0 rings (SSSR count). The molecule has 0 heterocycles. The molecule has 0 saturated carbocycles. The molecule has 20 nitrogen and oxygen atoms in total. The summed E-state index contributed by atoms with van der Waals surface area (Å²) in [6.45, 7) is 9.71. The summed E-state index contributed by atoms with van der Waals surface area (Å²) in [5, 5.41) is 16.8. The average molecular weight is 1120 g/mol. The maximum atomic E-state index is 10.9. The first-order valence-corrected chi connectivity index (χ1v) is 26.9. The summed E-state index contributed by atoms with van der Waals surface area (Å²) in [5.74, 6) is 2.40. The van der Waals surface area contributed by atoms with Gasteiger partial charge in [-0.2, -0.15) is 9.59 Å². The van der Waals surface area contributed by atoms with Gasteiger partial charge in [-0.15, -0.1) is 0 Å². The van der Waals surface area contributed by atoms with Gasteiger partial charge >= 0.3 is 19.5 Å². The summed E-state index contributed by atoms with van der Waals surface area (Å²) in [5.41, 5.74) is 58.1. The first-order valence-electron chi connectivity index (χ1n) is 17.0. The normalized spacial score (nSPS) is 12.6. The van der Waals surface area contributed by atoms with Crippen LogP contribution in [0.4, 0.5) is 0 Å². The van der Waals surface area contributed by atoms with Crippen LogP contribution < -0.4 is 63.1 Å². The fourth-order valence-corrected chi connectivity index (χ4v) is 10.5. The number of carboxylic acids is 2. The van der Waals surface area contributed by atoms with Gasteiger partial charge in [0.1, 0.15) is 12.1 Å². The number of primary amides is 3. The first kappa shape index (κ1) is 73.7. The van der Waals surface area contributed by atoms with E-state index in [-0.39, 0.29) is 96.6 Å².